The average molecular weight is 143 g/mol. The largest absolute Gasteiger partial charge is 0 e. The van der Waals surface area contributed by atoms with Gasteiger partial charge in [-0.1, -0.05) is 0 Å². The third kappa shape index (κ3) is 3820. The molecule has 0 aliphatic heterocycles. The van der Waals surface area contributed by atoms with E-state index in [1.807, 2.05) is 0 Å². The van der Waals surface area contributed by atoms with Crippen molar-refractivity contribution in [1.82, 2.24) is 0 Å². The molecular weight excluding hydrogens is 141 g/mol. The van der Waals surface area contributed by atoms with Gasteiger partial charge in [-0.15, -0.1) is 0 Å². The fourth-order valence-electron chi connectivity index (χ4n) is 0. The maximum atomic E-state index is 8.36. The van der Waals surface area contributed by atoms with Gasteiger partial charge in [0.05, 0.1) is 0 Å². The Labute approximate surface area is 52.0 Å². The van der Waals surface area contributed by atoms with Gasteiger partial charge in [0, 0.05) is 17.1 Å². The Morgan fingerprint density at radius 2 is 1.00 bits per heavy atom. The number of hydrogen-bond donors (Lipinski definition) is 2. The third-order valence-electron chi connectivity index (χ3n) is 0. The zero-order valence-corrected chi connectivity index (χ0v) is 4.42. The summed E-state index contributed by atoms with van der Waals surface area (Å²) in [5.74, 6) is 0. The second-order valence-electron chi connectivity index (χ2n) is 0.211. The van der Waals surface area contributed by atoms with E-state index in [0.29, 0.717) is 0 Å². The number of rotatable bonds is 0. The molecule has 0 amide bonds. The molecule has 0 heterocycles. The molecule has 0 aromatic rings. The van der Waals surface area contributed by atoms with E-state index in [0.717, 1.165) is 0 Å². The molecule has 1 radical (unpaired) electrons. The molecule has 7 heteroatoms. The molecule has 39 valence electrons. The first-order valence-electron chi connectivity index (χ1n) is 0.988. The summed E-state index contributed by atoms with van der Waals surface area (Å²) in [5.41, 5.74) is 0. The van der Waals surface area contributed by atoms with Crippen LogP contribution in [0.15, 0.2) is 0 Å². The molecule has 0 fully saturated rings. The topological polar surface area (TPSA) is 74.6 Å². The van der Waals surface area contributed by atoms with Crippen molar-refractivity contribution < 1.29 is 36.5 Å². The molecule has 0 rings (SSSR count). The Bertz CT molecular complexity index is 30.7. The molecule has 0 aliphatic rings. The van der Waals surface area contributed by atoms with Crippen LogP contribution in [0.1, 0.15) is 0 Å². The molecule has 0 bridgehead atoms. The smallest absolute Gasteiger partial charge is 0 e. The maximum Gasteiger partial charge on any atom is 0 e. The van der Waals surface area contributed by atoms with Crippen molar-refractivity contribution in [2.75, 3.05) is 0 Å². The van der Waals surface area contributed by atoms with E-state index in [2.05, 4.69) is 0 Å². The molecule has 4 nitrogen and oxygen atoms in total. The Kier molecular flexibility index (Phi) is 90.9. The van der Waals surface area contributed by atoms with Gasteiger partial charge in [-0.05, 0) is 0 Å². The summed E-state index contributed by atoms with van der Waals surface area (Å²) >= 11 is 0. The van der Waals surface area contributed by atoms with Crippen LogP contribution in [0.3, 0.4) is 0 Å². The summed E-state index contributed by atoms with van der Waals surface area (Å²) in [4.78, 5) is 0. The maximum absolute atomic E-state index is 8.36. The van der Waals surface area contributed by atoms with Crippen molar-refractivity contribution in [1.29, 1.82) is 0 Å². The standard InChI is InChI=1S/2BHO2.Mn/c2*2-1-3;/h2*2H;. The van der Waals surface area contributed by atoms with Gasteiger partial charge in [0.1, 0.15) is 0 Å². The molecule has 0 aliphatic carbocycles. The third-order valence-corrected chi connectivity index (χ3v) is 0. The zero-order valence-electron chi connectivity index (χ0n) is 3.24. The molecule has 0 aromatic heterocycles. The van der Waals surface area contributed by atoms with Crippen molar-refractivity contribution >= 4 is 14.7 Å². The van der Waals surface area contributed by atoms with Gasteiger partial charge in [0.2, 0.25) is 0 Å². The molecule has 0 saturated heterocycles. The summed E-state index contributed by atoms with van der Waals surface area (Å²) in [5, 5.41) is 13.8. The van der Waals surface area contributed by atoms with Crippen molar-refractivity contribution in [2.24, 2.45) is 0 Å². The molecule has 0 saturated carbocycles. The quantitative estimate of drug-likeness (QED) is 0.380. The molecule has 0 spiro atoms. The predicted molar refractivity (Wildman–Crippen MR) is 17.3 cm³/mol. The first-order valence-corrected chi connectivity index (χ1v) is 0.988. The van der Waals surface area contributed by atoms with Crippen LogP contribution in [-0.2, 0) is 26.5 Å². The summed E-state index contributed by atoms with van der Waals surface area (Å²) in [6, 6.07) is 0. The van der Waals surface area contributed by atoms with Crippen LogP contribution < -0.4 is 0 Å². The van der Waals surface area contributed by atoms with Gasteiger partial charge in [-0.3, -0.25) is 0 Å². The first-order chi connectivity index (χ1) is 2.83. The van der Waals surface area contributed by atoms with Crippen molar-refractivity contribution in [2.45, 2.75) is 0 Å². The Balaban J connectivity index is -0.0000000400. The minimum atomic E-state index is -0.250. The van der Waals surface area contributed by atoms with E-state index < -0.39 is 0 Å². The Hall–Kier alpha value is -0.151. The average Bonchev–Trinajstić information content (AvgIpc) is 1.39. The van der Waals surface area contributed by atoms with Crippen LogP contribution >= 0.6 is 0 Å². The van der Waals surface area contributed by atoms with Gasteiger partial charge in [-0.25, -0.2) is 0 Å². The van der Waals surface area contributed by atoms with Gasteiger partial charge in [0.25, 0.3) is 0 Å². The van der Waals surface area contributed by atoms with Gasteiger partial charge in [0.15, 0.2) is 0 Å². The van der Waals surface area contributed by atoms with E-state index in [-0.39, 0.29) is 31.8 Å². The Morgan fingerprint density at radius 1 is 1.00 bits per heavy atom. The van der Waals surface area contributed by atoms with E-state index in [4.69, 9.17) is 19.5 Å². The second-order valence-corrected chi connectivity index (χ2v) is 0.211. The normalized spacial score (nSPS) is 2.29. The molecule has 0 unspecified atom stereocenters. The van der Waals surface area contributed by atoms with Gasteiger partial charge in [-0.2, -0.15) is 0 Å². The first kappa shape index (κ1) is 15.8. The van der Waals surface area contributed by atoms with Crippen LogP contribution in [0, 0.1) is 0 Å². The van der Waals surface area contributed by atoms with Gasteiger partial charge >= 0.3 is 34.2 Å². The fourth-order valence-corrected chi connectivity index (χ4v) is 0. The Morgan fingerprint density at radius 3 is 1.00 bits per heavy atom. The van der Waals surface area contributed by atoms with Crippen LogP contribution in [-0.4, -0.2) is 24.8 Å². The van der Waals surface area contributed by atoms with Crippen LogP contribution in [0.2, 0.25) is 0 Å². The summed E-state index contributed by atoms with van der Waals surface area (Å²) in [6.45, 7) is 0. The monoisotopic (exact) mass is 143 g/mol. The summed E-state index contributed by atoms with van der Waals surface area (Å²) < 4.78 is 16.7. The van der Waals surface area contributed by atoms with E-state index >= 15 is 0 Å². The van der Waals surface area contributed by atoms with Gasteiger partial charge < -0.3 is 0 Å². The predicted octanol–water partition coefficient (Wildman–Crippen LogP) is -2.12. The van der Waals surface area contributed by atoms with Crippen molar-refractivity contribution in [3.63, 3.8) is 0 Å². The van der Waals surface area contributed by atoms with E-state index in [9.17, 15) is 0 Å². The van der Waals surface area contributed by atoms with Crippen LogP contribution in [0.4, 0.5) is 0 Å². The molecule has 2 N–H and O–H groups in total. The van der Waals surface area contributed by atoms with E-state index in [1.165, 1.54) is 0 Å². The van der Waals surface area contributed by atoms with Crippen LogP contribution in [0.5, 0.6) is 0 Å². The van der Waals surface area contributed by atoms with E-state index in [1.54, 1.807) is 0 Å². The summed E-state index contributed by atoms with van der Waals surface area (Å²) in [6.07, 6.45) is 0. The molecule has 0 atom stereocenters. The number of hydrogen-bond acceptors (Lipinski definition) is 2. The second kappa shape index (κ2) is 40.2. The molecular formula is H2B2MnO4. The SMILES string of the molecule is O=BO.O=BO.[Mn]. The van der Waals surface area contributed by atoms with Crippen LogP contribution in [0.25, 0.3) is 0 Å². The summed E-state index contributed by atoms with van der Waals surface area (Å²) in [7, 11) is -0.500. The van der Waals surface area contributed by atoms with Crippen molar-refractivity contribution in [3.8, 4) is 0 Å². The minimum absolute atomic E-state index is 0. The fraction of sp³-hybridized carbons (Fsp3) is 0. The van der Waals surface area contributed by atoms with Crippen molar-refractivity contribution in [3.05, 3.63) is 0 Å². The minimum Gasteiger partial charge on any atom is 0 e. The molecule has 7 heavy (non-hydrogen) atoms. The molecule has 0 aromatic carbocycles. The zero-order chi connectivity index (χ0) is 5.41.